The number of rotatable bonds is 13. The zero-order chi connectivity index (χ0) is 23.7. The van der Waals surface area contributed by atoms with Crippen LogP contribution in [0.4, 0.5) is 0 Å². The molecule has 2 aromatic carbocycles. The van der Waals surface area contributed by atoms with Crippen molar-refractivity contribution in [1.82, 2.24) is 0 Å². The van der Waals surface area contributed by atoms with Gasteiger partial charge in [0.25, 0.3) is 0 Å². The van der Waals surface area contributed by atoms with E-state index in [1.807, 2.05) is 67.5 Å². The summed E-state index contributed by atoms with van der Waals surface area (Å²) < 4.78 is 36.2. The van der Waals surface area contributed by atoms with E-state index in [-0.39, 0.29) is 0 Å². The molecule has 2 aromatic rings. The molecular weight excluding hydrogens is 408 g/mol. The number of hydrogen-bond donors (Lipinski definition) is 0. The first-order valence-corrected chi connectivity index (χ1v) is 11.6. The Morgan fingerprint density at radius 1 is 0.438 bits per heavy atom. The van der Waals surface area contributed by atoms with Gasteiger partial charge in [0.05, 0.1) is 39.6 Å². The second kappa shape index (κ2) is 12.3. The molecule has 0 saturated carbocycles. The molecule has 0 saturated heterocycles. The highest BCUT2D eigenvalue weighted by Gasteiger charge is 2.28. The highest BCUT2D eigenvalue weighted by molar-refractivity contribution is 5.87. The van der Waals surface area contributed by atoms with Gasteiger partial charge in [-0.3, -0.25) is 0 Å². The summed E-state index contributed by atoms with van der Waals surface area (Å²) in [7, 11) is 0. The van der Waals surface area contributed by atoms with Gasteiger partial charge in [-0.1, -0.05) is 0 Å². The summed E-state index contributed by atoms with van der Waals surface area (Å²) in [5.74, 6) is 3.84. The second-order valence-electron chi connectivity index (χ2n) is 7.05. The molecule has 6 nitrogen and oxygen atoms in total. The Morgan fingerprint density at radius 3 is 1.00 bits per heavy atom. The predicted octanol–water partition coefficient (Wildman–Crippen LogP) is 6.36. The monoisotopic (exact) mass is 446 g/mol. The van der Waals surface area contributed by atoms with Gasteiger partial charge in [0, 0.05) is 11.1 Å². The average Bonchev–Trinajstić information content (AvgIpc) is 2.75. The normalized spacial score (nSPS) is 10.6. The molecule has 6 heteroatoms. The molecule has 2 rings (SSSR count). The van der Waals surface area contributed by atoms with E-state index in [1.54, 1.807) is 0 Å². The van der Waals surface area contributed by atoms with Gasteiger partial charge in [-0.05, 0) is 78.6 Å². The molecule has 0 aliphatic carbocycles. The van der Waals surface area contributed by atoms with Crippen LogP contribution in [0.25, 0.3) is 11.1 Å². The maximum absolute atomic E-state index is 6.18. The minimum Gasteiger partial charge on any atom is -0.490 e. The summed E-state index contributed by atoms with van der Waals surface area (Å²) in [6.45, 7) is 18.8. The number of hydrogen-bond acceptors (Lipinski definition) is 6. The molecule has 0 bridgehead atoms. The van der Waals surface area contributed by atoms with Crippen molar-refractivity contribution in [3.05, 3.63) is 23.3 Å². The zero-order valence-electron chi connectivity index (χ0n) is 20.8. The SMILES string of the molecule is CCOc1cc(C)c(-c2c(C)cc(OCC)c(OCC)c2OCC)c(OCC)c1OCC. The average molecular weight is 447 g/mol. The molecule has 178 valence electrons. The van der Waals surface area contributed by atoms with E-state index < -0.39 is 0 Å². The maximum atomic E-state index is 6.18. The molecule has 32 heavy (non-hydrogen) atoms. The molecule has 0 spiro atoms. The van der Waals surface area contributed by atoms with E-state index in [0.29, 0.717) is 74.1 Å². The number of ether oxygens (including phenoxy) is 6. The van der Waals surface area contributed by atoms with Gasteiger partial charge in [0.1, 0.15) is 0 Å². The Bertz CT molecular complexity index is 817. The fraction of sp³-hybridized carbons (Fsp3) is 0.538. The van der Waals surface area contributed by atoms with Crippen molar-refractivity contribution in [3.8, 4) is 45.6 Å². The lowest BCUT2D eigenvalue weighted by Gasteiger charge is -2.25. The van der Waals surface area contributed by atoms with Gasteiger partial charge in [-0.2, -0.15) is 0 Å². The van der Waals surface area contributed by atoms with Crippen molar-refractivity contribution in [1.29, 1.82) is 0 Å². The molecule has 0 heterocycles. The Kier molecular flexibility index (Phi) is 9.82. The lowest BCUT2D eigenvalue weighted by atomic mass is 9.93. The van der Waals surface area contributed by atoms with Crippen molar-refractivity contribution >= 4 is 0 Å². The van der Waals surface area contributed by atoms with Gasteiger partial charge >= 0.3 is 0 Å². The first-order valence-electron chi connectivity index (χ1n) is 11.6. The van der Waals surface area contributed by atoms with Crippen molar-refractivity contribution in [3.63, 3.8) is 0 Å². The molecule has 0 aromatic heterocycles. The van der Waals surface area contributed by atoms with Crippen LogP contribution in [0.2, 0.25) is 0 Å². The van der Waals surface area contributed by atoms with E-state index in [0.717, 1.165) is 22.3 Å². The van der Waals surface area contributed by atoms with Crippen LogP contribution in [0.1, 0.15) is 52.7 Å². The van der Waals surface area contributed by atoms with E-state index in [9.17, 15) is 0 Å². The minimum atomic E-state index is 0.487. The predicted molar refractivity (Wildman–Crippen MR) is 128 cm³/mol. The molecule has 0 N–H and O–H groups in total. The van der Waals surface area contributed by atoms with Crippen LogP contribution in [0, 0.1) is 13.8 Å². The molecule has 0 unspecified atom stereocenters. The van der Waals surface area contributed by atoms with Crippen molar-refractivity contribution in [2.75, 3.05) is 39.6 Å². The highest BCUT2D eigenvalue weighted by atomic mass is 16.5. The Hall–Kier alpha value is -2.76. The van der Waals surface area contributed by atoms with Crippen molar-refractivity contribution in [2.24, 2.45) is 0 Å². The summed E-state index contributed by atoms with van der Waals surface area (Å²) >= 11 is 0. The van der Waals surface area contributed by atoms with E-state index in [4.69, 9.17) is 28.4 Å². The Labute approximate surface area is 192 Å². The fourth-order valence-corrected chi connectivity index (χ4v) is 3.75. The van der Waals surface area contributed by atoms with E-state index in [2.05, 4.69) is 0 Å². The number of aryl methyl sites for hydroxylation is 2. The molecular formula is C26H38O6. The van der Waals surface area contributed by atoms with Crippen molar-refractivity contribution < 1.29 is 28.4 Å². The van der Waals surface area contributed by atoms with Crippen LogP contribution in [0.3, 0.4) is 0 Å². The molecule has 0 aliphatic heterocycles. The maximum Gasteiger partial charge on any atom is 0.204 e. The lowest BCUT2D eigenvalue weighted by Crippen LogP contribution is -2.08. The summed E-state index contributed by atoms with van der Waals surface area (Å²) in [4.78, 5) is 0. The third-order valence-corrected chi connectivity index (χ3v) is 4.80. The molecule has 0 aliphatic rings. The highest BCUT2D eigenvalue weighted by Crippen LogP contribution is 2.54. The summed E-state index contributed by atoms with van der Waals surface area (Å²) in [6, 6.07) is 4.00. The molecule has 0 amide bonds. The van der Waals surface area contributed by atoms with Crippen LogP contribution in [0.5, 0.6) is 34.5 Å². The largest absolute Gasteiger partial charge is 0.490 e. The van der Waals surface area contributed by atoms with Gasteiger partial charge in [0.2, 0.25) is 11.5 Å². The Balaban J connectivity index is 2.96. The summed E-state index contributed by atoms with van der Waals surface area (Å²) in [5.41, 5.74) is 3.81. The second-order valence-corrected chi connectivity index (χ2v) is 7.05. The van der Waals surface area contributed by atoms with Gasteiger partial charge in [-0.15, -0.1) is 0 Å². The molecule has 0 atom stereocenters. The first kappa shape index (κ1) is 25.5. The van der Waals surface area contributed by atoms with E-state index in [1.165, 1.54) is 0 Å². The van der Waals surface area contributed by atoms with Crippen LogP contribution in [-0.2, 0) is 0 Å². The fourth-order valence-electron chi connectivity index (χ4n) is 3.75. The van der Waals surface area contributed by atoms with Crippen molar-refractivity contribution in [2.45, 2.75) is 55.4 Å². The lowest BCUT2D eigenvalue weighted by molar-refractivity contribution is 0.258. The van der Waals surface area contributed by atoms with Crippen LogP contribution < -0.4 is 28.4 Å². The van der Waals surface area contributed by atoms with Gasteiger partial charge in [0.15, 0.2) is 23.0 Å². The quantitative estimate of drug-likeness (QED) is 0.357. The molecule has 0 radical (unpaired) electrons. The third kappa shape index (κ3) is 5.34. The Morgan fingerprint density at radius 2 is 0.719 bits per heavy atom. The van der Waals surface area contributed by atoms with E-state index >= 15 is 0 Å². The zero-order valence-corrected chi connectivity index (χ0v) is 20.8. The minimum absolute atomic E-state index is 0.487. The first-order chi connectivity index (χ1) is 15.5. The summed E-state index contributed by atoms with van der Waals surface area (Å²) in [6.07, 6.45) is 0. The van der Waals surface area contributed by atoms with Crippen LogP contribution in [-0.4, -0.2) is 39.6 Å². The number of benzene rings is 2. The van der Waals surface area contributed by atoms with Gasteiger partial charge < -0.3 is 28.4 Å². The topological polar surface area (TPSA) is 55.4 Å². The van der Waals surface area contributed by atoms with Gasteiger partial charge in [-0.25, -0.2) is 0 Å². The smallest absolute Gasteiger partial charge is 0.204 e. The van der Waals surface area contributed by atoms with Crippen LogP contribution >= 0.6 is 0 Å². The van der Waals surface area contributed by atoms with Crippen LogP contribution in [0.15, 0.2) is 12.1 Å². The standard InChI is InChI=1S/C26H38O6/c1-9-27-19-15-17(7)21(25(31-13-5)23(19)29-11-3)22-18(8)16-20(28-10-2)24(30-12-4)26(22)32-14-6/h15-16H,9-14H2,1-8H3. The summed E-state index contributed by atoms with van der Waals surface area (Å²) in [5, 5.41) is 0. The molecule has 0 fully saturated rings. The third-order valence-electron chi connectivity index (χ3n) is 4.80.